The van der Waals surface area contributed by atoms with Crippen molar-refractivity contribution >= 4 is 5.97 Å². The summed E-state index contributed by atoms with van der Waals surface area (Å²) in [6.07, 6.45) is 1.95. The maximum Gasteiger partial charge on any atom is 0.321 e. The summed E-state index contributed by atoms with van der Waals surface area (Å²) < 4.78 is 5.29. The summed E-state index contributed by atoms with van der Waals surface area (Å²) in [4.78, 5) is 25.0. The number of carbonyl (C=O) groups is 1. The minimum atomic E-state index is -0.879. The summed E-state index contributed by atoms with van der Waals surface area (Å²) in [5.74, 6) is 0.00945. The van der Waals surface area contributed by atoms with Crippen LogP contribution >= 0.6 is 0 Å². The zero-order valence-corrected chi connectivity index (χ0v) is 12.7. The van der Waals surface area contributed by atoms with Gasteiger partial charge in [0.1, 0.15) is 6.04 Å². The smallest absolute Gasteiger partial charge is 0.321 e. The van der Waals surface area contributed by atoms with Crippen LogP contribution in [-0.2, 0) is 24.3 Å². The van der Waals surface area contributed by atoms with Crippen LogP contribution in [0.4, 0.5) is 0 Å². The molecule has 1 aliphatic rings. The quantitative estimate of drug-likeness (QED) is 0.747. The fourth-order valence-electron chi connectivity index (χ4n) is 2.90. The van der Waals surface area contributed by atoms with Gasteiger partial charge in [0.15, 0.2) is 5.82 Å². The van der Waals surface area contributed by atoms with Gasteiger partial charge in [0.25, 0.3) is 5.89 Å². The molecule has 0 fully saturated rings. The third-order valence-corrected chi connectivity index (χ3v) is 4.11. The standard InChI is InChI=1S/C16H15N5O3/c22-16(23)13-6-11-12(18-9-17-11)7-21(13)8-14-19-15(24-20-14)10-4-2-1-3-5-10/h1-5,9,13H,6-8H2,(H,17,18)(H,22,23). The van der Waals surface area contributed by atoms with Crippen molar-refractivity contribution in [3.63, 3.8) is 0 Å². The molecule has 0 saturated carbocycles. The number of nitrogens with one attached hydrogen (secondary N) is 1. The Morgan fingerprint density at radius 2 is 2.21 bits per heavy atom. The van der Waals surface area contributed by atoms with Crippen molar-refractivity contribution in [2.75, 3.05) is 0 Å². The summed E-state index contributed by atoms with van der Waals surface area (Å²) in [5, 5.41) is 13.5. The molecule has 1 aliphatic heterocycles. The van der Waals surface area contributed by atoms with E-state index in [1.165, 1.54) is 0 Å². The second kappa shape index (κ2) is 5.89. The lowest BCUT2D eigenvalue weighted by Gasteiger charge is -2.31. The van der Waals surface area contributed by atoms with Crippen LogP contribution in [0.1, 0.15) is 17.2 Å². The van der Waals surface area contributed by atoms with Crippen LogP contribution in [0.2, 0.25) is 0 Å². The zero-order chi connectivity index (χ0) is 16.5. The number of aliphatic carboxylic acids is 1. The molecule has 0 radical (unpaired) electrons. The van der Waals surface area contributed by atoms with Gasteiger partial charge in [-0.15, -0.1) is 0 Å². The number of aromatic amines is 1. The highest BCUT2D eigenvalue weighted by molar-refractivity contribution is 5.74. The summed E-state index contributed by atoms with van der Waals surface area (Å²) in [7, 11) is 0. The van der Waals surface area contributed by atoms with Gasteiger partial charge < -0.3 is 14.6 Å². The highest BCUT2D eigenvalue weighted by Gasteiger charge is 2.33. The van der Waals surface area contributed by atoms with Crippen LogP contribution in [0.25, 0.3) is 11.5 Å². The van der Waals surface area contributed by atoms with Gasteiger partial charge >= 0.3 is 5.97 Å². The lowest BCUT2D eigenvalue weighted by molar-refractivity contribution is -0.144. The Balaban J connectivity index is 1.56. The molecule has 1 unspecified atom stereocenters. The van der Waals surface area contributed by atoms with Crippen LogP contribution in [-0.4, -0.2) is 42.1 Å². The Hall–Kier alpha value is -3.00. The summed E-state index contributed by atoms with van der Waals surface area (Å²) in [5.41, 5.74) is 2.57. The van der Waals surface area contributed by atoms with E-state index in [0.717, 1.165) is 17.0 Å². The predicted octanol–water partition coefficient (Wildman–Crippen LogP) is 1.47. The molecular weight excluding hydrogens is 310 g/mol. The number of benzene rings is 1. The van der Waals surface area contributed by atoms with E-state index in [0.29, 0.717) is 31.2 Å². The summed E-state index contributed by atoms with van der Waals surface area (Å²) >= 11 is 0. The first kappa shape index (κ1) is 14.6. The molecule has 0 aliphatic carbocycles. The second-order valence-corrected chi connectivity index (χ2v) is 5.67. The largest absolute Gasteiger partial charge is 0.480 e. The molecule has 3 aromatic rings. The Kier molecular flexibility index (Phi) is 3.58. The number of carboxylic acid groups (broad SMARTS) is 1. The number of H-pyrrole nitrogens is 1. The average molecular weight is 325 g/mol. The number of nitrogens with zero attached hydrogens (tertiary/aromatic N) is 4. The monoisotopic (exact) mass is 325 g/mol. The van der Waals surface area contributed by atoms with Crippen molar-refractivity contribution in [2.24, 2.45) is 0 Å². The third kappa shape index (κ3) is 2.67. The first-order valence-electron chi connectivity index (χ1n) is 7.56. The molecule has 3 heterocycles. The van der Waals surface area contributed by atoms with Crippen LogP contribution in [0.15, 0.2) is 41.2 Å². The number of rotatable bonds is 4. The van der Waals surface area contributed by atoms with Gasteiger partial charge in [0.2, 0.25) is 0 Å². The molecule has 1 atom stereocenters. The molecule has 8 heteroatoms. The molecule has 24 heavy (non-hydrogen) atoms. The Morgan fingerprint density at radius 3 is 3.00 bits per heavy atom. The van der Waals surface area contributed by atoms with Gasteiger partial charge in [-0.1, -0.05) is 23.4 Å². The average Bonchev–Trinajstić information content (AvgIpc) is 3.23. The summed E-state index contributed by atoms with van der Waals surface area (Å²) in [6.45, 7) is 0.757. The van der Waals surface area contributed by atoms with Crippen LogP contribution in [0, 0.1) is 0 Å². The Bertz CT molecular complexity index is 857. The minimum absolute atomic E-state index is 0.297. The number of aromatic nitrogens is 4. The van der Waals surface area contributed by atoms with Crippen molar-refractivity contribution in [1.82, 2.24) is 25.0 Å². The minimum Gasteiger partial charge on any atom is -0.480 e. The number of hydrogen-bond acceptors (Lipinski definition) is 6. The van der Waals surface area contributed by atoms with Crippen LogP contribution in [0.3, 0.4) is 0 Å². The predicted molar refractivity (Wildman–Crippen MR) is 82.7 cm³/mol. The highest BCUT2D eigenvalue weighted by atomic mass is 16.5. The van der Waals surface area contributed by atoms with Crippen LogP contribution < -0.4 is 0 Å². The molecule has 1 aromatic carbocycles. The molecule has 2 N–H and O–H groups in total. The first-order valence-corrected chi connectivity index (χ1v) is 7.56. The normalized spacial score (nSPS) is 17.6. The van der Waals surface area contributed by atoms with E-state index in [1.54, 1.807) is 6.33 Å². The van der Waals surface area contributed by atoms with E-state index in [4.69, 9.17) is 4.52 Å². The number of fused-ring (bicyclic) bond motifs is 1. The van der Waals surface area contributed by atoms with Gasteiger partial charge in [-0.25, -0.2) is 4.98 Å². The second-order valence-electron chi connectivity index (χ2n) is 5.67. The molecule has 0 amide bonds. The topological polar surface area (TPSA) is 108 Å². The van der Waals surface area contributed by atoms with Crippen molar-refractivity contribution in [2.45, 2.75) is 25.6 Å². The van der Waals surface area contributed by atoms with Gasteiger partial charge in [0.05, 0.1) is 24.3 Å². The van der Waals surface area contributed by atoms with Crippen molar-refractivity contribution < 1.29 is 14.4 Å². The number of imidazole rings is 1. The molecule has 4 rings (SSSR count). The van der Waals surface area contributed by atoms with Gasteiger partial charge in [-0.3, -0.25) is 9.69 Å². The lowest BCUT2D eigenvalue weighted by Crippen LogP contribution is -2.45. The van der Waals surface area contributed by atoms with Crippen molar-refractivity contribution in [3.8, 4) is 11.5 Å². The van der Waals surface area contributed by atoms with E-state index < -0.39 is 12.0 Å². The molecule has 0 bridgehead atoms. The third-order valence-electron chi connectivity index (χ3n) is 4.11. The van der Waals surface area contributed by atoms with E-state index in [2.05, 4.69) is 20.1 Å². The molecule has 122 valence electrons. The maximum absolute atomic E-state index is 11.6. The number of carboxylic acids is 1. The summed E-state index contributed by atoms with van der Waals surface area (Å²) in [6, 6.07) is 8.81. The molecule has 2 aromatic heterocycles. The first-order chi connectivity index (χ1) is 11.7. The Labute approximate surface area is 137 Å². The van der Waals surface area contributed by atoms with Crippen molar-refractivity contribution in [3.05, 3.63) is 53.9 Å². The SMILES string of the molecule is O=C(O)C1Cc2nc[nH]c2CN1Cc1noc(-c2ccccc2)n1. The van der Waals surface area contributed by atoms with E-state index >= 15 is 0 Å². The van der Waals surface area contributed by atoms with E-state index in [-0.39, 0.29) is 0 Å². The molecule has 0 spiro atoms. The Morgan fingerprint density at radius 1 is 1.38 bits per heavy atom. The fourth-order valence-corrected chi connectivity index (χ4v) is 2.90. The van der Waals surface area contributed by atoms with Gasteiger partial charge in [-0.2, -0.15) is 4.98 Å². The fraction of sp³-hybridized carbons (Fsp3) is 0.250. The van der Waals surface area contributed by atoms with Crippen LogP contribution in [0.5, 0.6) is 0 Å². The zero-order valence-electron chi connectivity index (χ0n) is 12.7. The molecular formula is C16H15N5O3. The lowest BCUT2D eigenvalue weighted by atomic mass is 10.0. The van der Waals surface area contributed by atoms with Crippen molar-refractivity contribution in [1.29, 1.82) is 0 Å². The van der Waals surface area contributed by atoms with Gasteiger partial charge in [-0.05, 0) is 12.1 Å². The molecule has 0 saturated heterocycles. The van der Waals surface area contributed by atoms with E-state index in [1.807, 2.05) is 35.2 Å². The van der Waals surface area contributed by atoms with Gasteiger partial charge in [0, 0.05) is 18.5 Å². The number of hydrogen-bond donors (Lipinski definition) is 2. The molecule has 8 nitrogen and oxygen atoms in total. The highest BCUT2D eigenvalue weighted by Crippen LogP contribution is 2.23. The van der Waals surface area contributed by atoms with E-state index in [9.17, 15) is 9.90 Å². The maximum atomic E-state index is 11.6.